The molecule has 3 heterocycles. The van der Waals surface area contributed by atoms with Crippen LogP contribution < -0.4 is 15.4 Å². The second-order valence-electron chi connectivity index (χ2n) is 7.97. The first kappa shape index (κ1) is 21.0. The van der Waals surface area contributed by atoms with Crippen LogP contribution in [-0.2, 0) is 23.0 Å². The summed E-state index contributed by atoms with van der Waals surface area (Å²) in [5.74, 6) is 2.56. The molecule has 1 saturated heterocycles. The second-order valence-corrected chi connectivity index (χ2v) is 9.88. The van der Waals surface area contributed by atoms with E-state index in [9.17, 15) is 8.42 Å². The predicted molar refractivity (Wildman–Crippen MR) is 116 cm³/mol. The van der Waals surface area contributed by atoms with Crippen LogP contribution in [0.2, 0.25) is 0 Å². The van der Waals surface area contributed by atoms with Gasteiger partial charge < -0.3 is 15.4 Å². The maximum Gasteiger partial charge on any atom is 0.243 e. The van der Waals surface area contributed by atoms with Gasteiger partial charge in [-0.2, -0.15) is 4.31 Å². The zero-order valence-corrected chi connectivity index (χ0v) is 18.8. The molecular formula is C21H29N5O3S. The average Bonchev–Trinajstić information content (AvgIpc) is 3.28. The van der Waals surface area contributed by atoms with Gasteiger partial charge in [0.25, 0.3) is 0 Å². The van der Waals surface area contributed by atoms with Crippen LogP contribution in [-0.4, -0.2) is 56.5 Å². The summed E-state index contributed by atoms with van der Waals surface area (Å²) in [7, 11) is -0.205. The average molecular weight is 432 g/mol. The summed E-state index contributed by atoms with van der Waals surface area (Å²) >= 11 is 0. The number of rotatable bonds is 5. The Morgan fingerprint density at radius 2 is 2.03 bits per heavy atom. The van der Waals surface area contributed by atoms with E-state index in [1.54, 1.807) is 26.2 Å². The number of ether oxygens (including phenoxy) is 1. The van der Waals surface area contributed by atoms with Gasteiger partial charge in [-0.25, -0.2) is 18.4 Å². The largest absolute Gasteiger partial charge is 0.496 e. The Morgan fingerprint density at radius 3 is 2.70 bits per heavy atom. The molecule has 8 nitrogen and oxygen atoms in total. The molecular weight excluding hydrogens is 402 g/mol. The third-order valence-corrected chi connectivity index (χ3v) is 8.01. The first-order valence-electron chi connectivity index (χ1n) is 10.3. The van der Waals surface area contributed by atoms with Gasteiger partial charge >= 0.3 is 0 Å². The molecule has 1 fully saturated rings. The Morgan fingerprint density at radius 1 is 1.23 bits per heavy atom. The first-order chi connectivity index (χ1) is 14.3. The highest BCUT2D eigenvalue weighted by molar-refractivity contribution is 7.89. The minimum atomic E-state index is -3.65. The standard InChI is InChI=1S/C21H29N5O3S/c1-13-10-19(14(2)9-18(13)29-4)30(27,28)26-8-6-16-17(12-26)24-20(25-21(16)22-3)15-5-7-23-11-15/h9-10,15,23H,5-8,11-12H2,1-4H3,(H,22,24,25). The summed E-state index contributed by atoms with van der Waals surface area (Å²) in [6, 6.07) is 3.49. The highest BCUT2D eigenvalue weighted by Crippen LogP contribution is 2.32. The lowest BCUT2D eigenvalue weighted by atomic mass is 10.0. The second kappa shape index (κ2) is 8.13. The SMILES string of the molecule is CNc1nc(C2CCNC2)nc2c1CCN(S(=O)(=O)c1cc(C)c(OC)cc1C)C2. The Bertz CT molecular complexity index is 1060. The summed E-state index contributed by atoms with van der Waals surface area (Å²) in [4.78, 5) is 9.87. The Kier molecular flexibility index (Phi) is 5.69. The van der Waals surface area contributed by atoms with E-state index in [0.29, 0.717) is 29.2 Å². The molecule has 162 valence electrons. The fraction of sp³-hybridized carbons (Fsp3) is 0.524. The molecule has 1 aromatic carbocycles. The van der Waals surface area contributed by atoms with E-state index in [0.717, 1.165) is 48.0 Å². The number of nitrogens with zero attached hydrogens (tertiary/aromatic N) is 3. The molecule has 2 N–H and O–H groups in total. The van der Waals surface area contributed by atoms with Gasteiger partial charge in [0.2, 0.25) is 10.0 Å². The Balaban J connectivity index is 1.69. The molecule has 4 rings (SSSR count). The van der Waals surface area contributed by atoms with Crippen molar-refractivity contribution in [3.8, 4) is 5.75 Å². The van der Waals surface area contributed by atoms with Crippen molar-refractivity contribution in [2.75, 3.05) is 39.1 Å². The summed E-state index contributed by atoms with van der Waals surface area (Å²) in [6.45, 7) is 6.13. The summed E-state index contributed by atoms with van der Waals surface area (Å²) in [5, 5.41) is 6.53. The molecule has 2 aliphatic rings. The van der Waals surface area contributed by atoms with Crippen LogP contribution in [0.25, 0.3) is 0 Å². The molecule has 0 aliphatic carbocycles. The number of aryl methyl sites for hydroxylation is 2. The zero-order chi connectivity index (χ0) is 21.5. The first-order valence-corrected chi connectivity index (χ1v) is 11.7. The van der Waals surface area contributed by atoms with Crippen molar-refractivity contribution in [1.29, 1.82) is 0 Å². The van der Waals surface area contributed by atoms with Crippen molar-refractivity contribution in [2.45, 2.75) is 44.0 Å². The van der Waals surface area contributed by atoms with E-state index < -0.39 is 10.0 Å². The lowest BCUT2D eigenvalue weighted by Crippen LogP contribution is -2.37. The van der Waals surface area contributed by atoms with Crippen LogP contribution in [0.1, 0.15) is 40.5 Å². The van der Waals surface area contributed by atoms with E-state index in [2.05, 4.69) is 10.6 Å². The van der Waals surface area contributed by atoms with Crippen molar-refractivity contribution in [3.05, 3.63) is 40.3 Å². The molecule has 0 radical (unpaired) electrons. The van der Waals surface area contributed by atoms with Crippen LogP contribution in [0, 0.1) is 13.8 Å². The molecule has 1 aromatic heterocycles. The van der Waals surface area contributed by atoms with Crippen LogP contribution >= 0.6 is 0 Å². The lowest BCUT2D eigenvalue weighted by Gasteiger charge is -2.29. The van der Waals surface area contributed by atoms with Crippen molar-refractivity contribution >= 4 is 15.8 Å². The number of nitrogens with one attached hydrogen (secondary N) is 2. The number of benzene rings is 1. The van der Waals surface area contributed by atoms with E-state index in [4.69, 9.17) is 14.7 Å². The number of aromatic nitrogens is 2. The minimum Gasteiger partial charge on any atom is -0.496 e. The van der Waals surface area contributed by atoms with E-state index in [-0.39, 0.29) is 12.5 Å². The monoisotopic (exact) mass is 431 g/mol. The van der Waals surface area contributed by atoms with Crippen LogP contribution in [0.3, 0.4) is 0 Å². The maximum atomic E-state index is 13.5. The third kappa shape index (κ3) is 3.66. The van der Waals surface area contributed by atoms with E-state index in [1.807, 2.05) is 14.0 Å². The number of fused-ring (bicyclic) bond motifs is 1. The third-order valence-electron chi connectivity index (χ3n) is 6.02. The molecule has 0 spiro atoms. The quantitative estimate of drug-likeness (QED) is 0.747. The van der Waals surface area contributed by atoms with Gasteiger partial charge in [-0.15, -0.1) is 0 Å². The van der Waals surface area contributed by atoms with Crippen molar-refractivity contribution < 1.29 is 13.2 Å². The molecule has 0 amide bonds. The molecule has 2 aromatic rings. The molecule has 2 aliphatic heterocycles. The molecule has 1 unspecified atom stereocenters. The van der Waals surface area contributed by atoms with Gasteiger partial charge in [0, 0.05) is 31.6 Å². The lowest BCUT2D eigenvalue weighted by molar-refractivity contribution is 0.383. The maximum absolute atomic E-state index is 13.5. The normalized spacial score (nSPS) is 19.5. The molecule has 9 heteroatoms. The summed E-state index contributed by atoms with van der Waals surface area (Å²) in [6.07, 6.45) is 1.58. The van der Waals surface area contributed by atoms with Crippen LogP contribution in [0.4, 0.5) is 5.82 Å². The molecule has 0 bridgehead atoms. The van der Waals surface area contributed by atoms with Gasteiger partial charge in [0.05, 0.1) is 24.2 Å². The zero-order valence-electron chi connectivity index (χ0n) is 17.9. The van der Waals surface area contributed by atoms with Crippen LogP contribution in [0.5, 0.6) is 5.75 Å². The van der Waals surface area contributed by atoms with Gasteiger partial charge in [0.15, 0.2) is 0 Å². The fourth-order valence-corrected chi connectivity index (χ4v) is 5.99. The smallest absolute Gasteiger partial charge is 0.243 e. The summed E-state index contributed by atoms with van der Waals surface area (Å²) in [5.41, 5.74) is 3.30. The number of methoxy groups -OCH3 is 1. The predicted octanol–water partition coefficient (Wildman–Crippen LogP) is 1.97. The highest BCUT2D eigenvalue weighted by atomic mass is 32.2. The van der Waals surface area contributed by atoms with Crippen molar-refractivity contribution in [3.63, 3.8) is 0 Å². The van der Waals surface area contributed by atoms with Gasteiger partial charge in [-0.3, -0.25) is 0 Å². The topological polar surface area (TPSA) is 96.5 Å². The van der Waals surface area contributed by atoms with E-state index >= 15 is 0 Å². The van der Waals surface area contributed by atoms with Crippen molar-refractivity contribution in [1.82, 2.24) is 19.6 Å². The van der Waals surface area contributed by atoms with Gasteiger partial charge in [0.1, 0.15) is 17.4 Å². The highest BCUT2D eigenvalue weighted by Gasteiger charge is 2.33. The summed E-state index contributed by atoms with van der Waals surface area (Å²) < 4.78 is 33.8. The number of hydrogen-bond acceptors (Lipinski definition) is 7. The molecule has 0 saturated carbocycles. The van der Waals surface area contributed by atoms with E-state index in [1.165, 1.54) is 4.31 Å². The number of sulfonamides is 1. The van der Waals surface area contributed by atoms with Crippen LogP contribution in [0.15, 0.2) is 17.0 Å². The Hall–Kier alpha value is -2.23. The number of anilines is 1. The van der Waals surface area contributed by atoms with Gasteiger partial charge in [-0.1, -0.05) is 0 Å². The number of hydrogen-bond donors (Lipinski definition) is 2. The van der Waals surface area contributed by atoms with Crippen molar-refractivity contribution in [2.24, 2.45) is 0 Å². The molecule has 30 heavy (non-hydrogen) atoms. The van der Waals surface area contributed by atoms with Gasteiger partial charge in [-0.05, 0) is 56.5 Å². The fourth-order valence-electron chi connectivity index (χ4n) is 4.30. The minimum absolute atomic E-state index is 0.256. The molecule has 1 atom stereocenters. The Labute approximate surface area is 178 Å².